The Morgan fingerprint density at radius 1 is 0.788 bits per heavy atom. The number of piperidine rings is 1. The van der Waals surface area contributed by atoms with Crippen LogP contribution in [0.25, 0.3) is 0 Å². The van der Waals surface area contributed by atoms with Crippen molar-refractivity contribution >= 4 is 23.6 Å². The van der Waals surface area contributed by atoms with Crippen molar-refractivity contribution < 1.29 is 23.9 Å². The fourth-order valence-electron chi connectivity index (χ4n) is 7.55. The summed E-state index contributed by atoms with van der Waals surface area (Å²) in [5.41, 5.74) is 14.0. The van der Waals surface area contributed by atoms with Gasteiger partial charge in [-0.15, -0.1) is 0 Å². The van der Waals surface area contributed by atoms with Gasteiger partial charge in [-0.3, -0.25) is 24.1 Å². The summed E-state index contributed by atoms with van der Waals surface area (Å²) >= 11 is 0. The Balaban J connectivity index is 1.23. The average molecular weight is 718 g/mol. The van der Waals surface area contributed by atoms with Crippen molar-refractivity contribution in [2.75, 3.05) is 45.9 Å². The number of rotatable bonds is 18. The van der Waals surface area contributed by atoms with Crippen LogP contribution >= 0.6 is 0 Å². The Morgan fingerprint density at radius 2 is 1.35 bits per heavy atom. The number of nitrogens with two attached hydrogens (primary N) is 2. The molecule has 0 unspecified atom stereocenters. The summed E-state index contributed by atoms with van der Waals surface area (Å²) in [6.45, 7) is 9.52. The van der Waals surface area contributed by atoms with Gasteiger partial charge in [0.1, 0.15) is 18.1 Å². The normalized spacial score (nSPS) is 19.5. The third-order valence-electron chi connectivity index (χ3n) is 10.8. The van der Waals surface area contributed by atoms with Crippen LogP contribution in [-0.4, -0.2) is 110 Å². The topological polar surface area (TPSA) is 172 Å². The second-order valence-corrected chi connectivity index (χ2v) is 15.5. The van der Waals surface area contributed by atoms with Gasteiger partial charge in [-0.25, -0.2) is 0 Å². The first kappa shape index (κ1) is 39.4. The lowest BCUT2D eigenvalue weighted by Crippen LogP contribution is -2.66. The predicted molar refractivity (Wildman–Crippen MR) is 201 cm³/mol. The van der Waals surface area contributed by atoms with Gasteiger partial charge in [0.15, 0.2) is 0 Å². The zero-order chi connectivity index (χ0) is 37.1. The maximum Gasteiger partial charge on any atom is 0.245 e. The number of nitrogens with zero attached hydrogens (tertiary/aromatic N) is 2. The predicted octanol–water partition coefficient (Wildman–Crippen LogP) is 1.75. The van der Waals surface area contributed by atoms with E-state index in [-0.39, 0.29) is 23.7 Å². The van der Waals surface area contributed by atoms with E-state index in [1.54, 1.807) is 0 Å². The highest BCUT2D eigenvalue weighted by Crippen LogP contribution is 2.41. The van der Waals surface area contributed by atoms with E-state index < -0.39 is 41.9 Å². The molecule has 3 aliphatic rings. The van der Waals surface area contributed by atoms with Crippen LogP contribution in [0.3, 0.4) is 0 Å². The highest BCUT2D eigenvalue weighted by Gasteiger charge is 2.49. The molecule has 3 fully saturated rings. The SMILES string of the molecule is CC(C)C[C@@H](NC(=O)[C@@H](Cc1ccccc1)NC(=O)[C@H](N)Cc1ccccc1)C(=O)N[C@H](CCCCN)C(=O)N1CC2(CCN(C3COC3)CC2)C1. The van der Waals surface area contributed by atoms with Crippen LogP contribution in [0.5, 0.6) is 0 Å². The molecule has 7 N–H and O–H groups in total. The molecule has 3 aliphatic heterocycles. The van der Waals surface area contributed by atoms with E-state index in [9.17, 15) is 19.2 Å². The number of carbonyl (C=O) groups is 4. The highest BCUT2D eigenvalue weighted by atomic mass is 16.5. The summed E-state index contributed by atoms with van der Waals surface area (Å²) in [5, 5.41) is 8.82. The third-order valence-corrected chi connectivity index (χ3v) is 10.8. The van der Waals surface area contributed by atoms with Crippen molar-refractivity contribution in [3.8, 4) is 0 Å². The van der Waals surface area contributed by atoms with Gasteiger partial charge in [-0.2, -0.15) is 0 Å². The van der Waals surface area contributed by atoms with Crippen molar-refractivity contribution in [3.63, 3.8) is 0 Å². The Labute approximate surface area is 308 Å². The molecule has 0 bridgehead atoms. The molecule has 52 heavy (non-hydrogen) atoms. The number of benzene rings is 2. The number of hydrogen-bond donors (Lipinski definition) is 5. The van der Waals surface area contributed by atoms with Gasteiger partial charge in [0, 0.05) is 24.9 Å². The number of likely N-dealkylation sites (tertiary alicyclic amines) is 2. The summed E-state index contributed by atoms with van der Waals surface area (Å²) in [5.74, 6) is -1.37. The lowest BCUT2D eigenvalue weighted by molar-refractivity contribution is -0.153. The fourth-order valence-corrected chi connectivity index (χ4v) is 7.55. The van der Waals surface area contributed by atoms with Crippen molar-refractivity contribution in [1.82, 2.24) is 25.8 Å². The van der Waals surface area contributed by atoms with E-state index in [4.69, 9.17) is 16.2 Å². The Kier molecular flexibility index (Phi) is 14.2. The van der Waals surface area contributed by atoms with Crippen molar-refractivity contribution in [2.45, 2.75) is 95.4 Å². The summed E-state index contributed by atoms with van der Waals surface area (Å²) in [6, 6.07) is 15.9. The zero-order valence-corrected chi connectivity index (χ0v) is 30.9. The summed E-state index contributed by atoms with van der Waals surface area (Å²) in [4.78, 5) is 59.6. The first-order valence-electron chi connectivity index (χ1n) is 19.1. The molecule has 2 aromatic rings. The van der Waals surface area contributed by atoms with Gasteiger partial charge in [0.25, 0.3) is 0 Å². The van der Waals surface area contributed by atoms with Crippen molar-refractivity contribution in [3.05, 3.63) is 71.8 Å². The first-order chi connectivity index (χ1) is 25.1. The Morgan fingerprint density at radius 3 is 1.90 bits per heavy atom. The van der Waals surface area contributed by atoms with Crippen LogP contribution in [0.4, 0.5) is 0 Å². The molecule has 0 saturated carbocycles. The number of nitrogens with one attached hydrogen (secondary N) is 3. The molecule has 5 rings (SSSR count). The molecule has 1 spiro atoms. The fraction of sp³-hybridized carbons (Fsp3) is 0.600. The van der Waals surface area contributed by atoms with E-state index in [1.807, 2.05) is 79.4 Å². The first-order valence-corrected chi connectivity index (χ1v) is 19.1. The number of unbranched alkanes of at least 4 members (excludes halogenated alkanes) is 1. The summed E-state index contributed by atoms with van der Waals surface area (Å²) in [6.07, 6.45) is 4.90. The van der Waals surface area contributed by atoms with Crippen LogP contribution in [-0.2, 0) is 36.8 Å². The lowest BCUT2D eigenvalue weighted by Gasteiger charge is -2.56. The van der Waals surface area contributed by atoms with E-state index in [2.05, 4.69) is 20.9 Å². The van der Waals surface area contributed by atoms with Crippen molar-refractivity contribution in [2.24, 2.45) is 22.8 Å². The molecule has 2 aromatic carbocycles. The van der Waals surface area contributed by atoms with Crippen molar-refractivity contribution in [1.29, 1.82) is 0 Å². The maximum absolute atomic E-state index is 14.0. The van der Waals surface area contributed by atoms with Gasteiger partial charge < -0.3 is 37.1 Å². The molecule has 3 saturated heterocycles. The van der Waals surface area contributed by atoms with Crippen LogP contribution in [0.15, 0.2) is 60.7 Å². The molecule has 4 amide bonds. The number of hydrogen-bond acceptors (Lipinski definition) is 8. The van der Waals surface area contributed by atoms with Gasteiger partial charge in [0.05, 0.1) is 25.3 Å². The van der Waals surface area contributed by atoms with Crippen LogP contribution in [0.1, 0.15) is 63.5 Å². The number of ether oxygens (including phenoxy) is 1. The minimum Gasteiger partial charge on any atom is -0.378 e. The second-order valence-electron chi connectivity index (χ2n) is 15.5. The molecular weight excluding hydrogens is 658 g/mol. The highest BCUT2D eigenvalue weighted by molar-refractivity contribution is 5.95. The largest absolute Gasteiger partial charge is 0.378 e. The molecule has 0 radical (unpaired) electrons. The average Bonchev–Trinajstić information content (AvgIpc) is 3.09. The maximum atomic E-state index is 14.0. The minimum absolute atomic E-state index is 0.0662. The molecule has 3 heterocycles. The van der Waals surface area contributed by atoms with E-state index in [0.717, 1.165) is 56.7 Å². The molecule has 0 aromatic heterocycles. The van der Waals surface area contributed by atoms with E-state index in [1.165, 1.54) is 0 Å². The molecular formula is C40H59N7O5. The lowest BCUT2D eigenvalue weighted by atomic mass is 9.71. The third kappa shape index (κ3) is 10.8. The molecule has 12 nitrogen and oxygen atoms in total. The standard InChI is InChI=1S/C40H59N7O5/c1-28(2)21-34(45-38(50)35(23-30-13-7-4-8-14-30)44-36(48)32(42)22-29-11-5-3-6-12-29)37(49)43-33(15-9-10-18-41)39(51)47-26-40(27-47)16-19-46(20-17-40)31-24-52-25-31/h3-8,11-14,28,31-35H,9-10,15-27,41-42H2,1-2H3,(H,43,49)(H,44,48)(H,45,50)/t32-,33-,34-,35-/m1/s1. The Hall–Kier alpha value is -3.84. The quantitative estimate of drug-likeness (QED) is 0.145. The number of carbonyl (C=O) groups excluding carboxylic acids is 4. The smallest absolute Gasteiger partial charge is 0.245 e. The van der Waals surface area contributed by atoms with Crippen LogP contribution < -0.4 is 27.4 Å². The zero-order valence-electron chi connectivity index (χ0n) is 30.9. The van der Waals surface area contributed by atoms with Crippen LogP contribution in [0.2, 0.25) is 0 Å². The summed E-state index contributed by atoms with van der Waals surface area (Å²) < 4.78 is 5.38. The van der Waals surface area contributed by atoms with Gasteiger partial charge in [-0.1, -0.05) is 74.5 Å². The second kappa shape index (κ2) is 18.8. The van der Waals surface area contributed by atoms with Gasteiger partial charge >= 0.3 is 0 Å². The molecule has 284 valence electrons. The van der Waals surface area contributed by atoms with E-state index in [0.29, 0.717) is 51.4 Å². The minimum atomic E-state index is -0.971. The van der Waals surface area contributed by atoms with E-state index >= 15 is 0 Å². The van der Waals surface area contributed by atoms with Gasteiger partial charge in [0.2, 0.25) is 23.6 Å². The molecule has 12 heteroatoms. The number of amides is 4. The molecule has 4 atom stereocenters. The van der Waals surface area contributed by atoms with Crippen LogP contribution in [0, 0.1) is 11.3 Å². The monoisotopic (exact) mass is 717 g/mol. The summed E-state index contributed by atoms with van der Waals surface area (Å²) in [7, 11) is 0. The van der Waals surface area contributed by atoms with Gasteiger partial charge in [-0.05, 0) is 81.6 Å². The Bertz CT molecular complexity index is 1460. The molecule has 0 aliphatic carbocycles.